The van der Waals surface area contributed by atoms with Gasteiger partial charge in [0.2, 0.25) is 0 Å². The summed E-state index contributed by atoms with van der Waals surface area (Å²) in [6.07, 6.45) is 0. The Bertz CT molecular complexity index is 482. The minimum atomic E-state index is 0.185. The standard InChI is InChI=1S/C16H25BrN2O2/c1-4-19-7-6-18(10-12(19)3)11-13-8-14(17)16(20)15(9-13)21-5-2/h8-9,12,20H,4-7,10-11H2,1-3H3. The molecule has 118 valence electrons. The van der Waals surface area contributed by atoms with Gasteiger partial charge in [0.15, 0.2) is 11.5 Å². The highest BCUT2D eigenvalue weighted by molar-refractivity contribution is 9.10. The number of likely N-dealkylation sites (N-methyl/N-ethyl adjacent to an activating group) is 1. The summed E-state index contributed by atoms with van der Waals surface area (Å²) >= 11 is 3.41. The number of phenols is 1. The van der Waals surface area contributed by atoms with Crippen molar-refractivity contribution in [1.82, 2.24) is 9.80 Å². The van der Waals surface area contributed by atoms with Crippen LogP contribution in [0.2, 0.25) is 0 Å². The summed E-state index contributed by atoms with van der Waals surface area (Å²) in [7, 11) is 0. The Labute approximate surface area is 135 Å². The highest BCUT2D eigenvalue weighted by Gasteiger charge is 2.22. The van der Waals surface area contributed by atoms with Crippen molar-refractivity contribution in [3.05, 3.63) is 22.2 Å². The maximum atomic E-state index is 9.98. The van der Waals surface area contributed by atoms with Crippen molar-refractivity contribution in [2.45, 2.75) is 33.4 Å². The Morgan fingerprint density at radius 1 is 1.33 bits per heavy atom. The molecule has 1 aromatic carbocycles. The summed E-state index contributed by atoms with van der Waals surface area (Å²) < 4.78 is 6.19. The van der Waals surface area contributed by atoms with E-state index in [1.165, 1.54) is 5.56 Å². The second kappa shape index (κ2) is 7.47. The minimum absolute atomic E-state index is 0.185. The van der Waals surface area contributed by atoms with E-state index in [1.807, 2.05) is 19.1 Å². The van der Waals surface area contributed by atoms with Crippen LogP contribution in [0.5, 0.6) is 11.5 Å². The van der Waals surface area contributed by atoms with Gasteiger partial charge in [-0.3, -0.25) is 9.80 Å². The number of ether oxygens (including phenoxy) is 1. The molecule has 2 rings (SSSR count). The van der Waals surface area contributed by atoms with E-state index in [4.69, 9.17) is 4.74 Å². The van der Waals surface area contributed by atoms with Crippen LogP contribution < -0.4 is 4.74 Å². The van der Waals surface area contributed by atoms with E-state index < -0.39 is 0 Å². The van der Waals surface area contributed by atoms with Crippen molar-refractivity contribution in [1.29, 1.82) is 0 Å². The first-order valence-electron chi connectivity index (χ1n) is 7.65. The van der Waals surface area contributed by atoms with E-state index in [0.717, 1.165) is 32.7 Å². The summed E-state index contributed by atoms with van der Waals surface area (Å²) in [4.78, 5) is 4.97. The largest absolute Gasteiger partial charge is 0.503 e. The third-order valence-corrected chi connectivity index (χ3v) is 4.65. The summed E-state index contributed by atoms with van der Waals surface area (Å²) in [6.45, 7) is 12.3. The third-order valence-electron chi connectivity index (χ3n) is 4.05. The van der Waals surface area contributed by atoms with Gasteiger partial charge in [0.1, 0.15) is 0 Å². The maximum Gasteiger partial charge on any atom is 0.172 e. The average Bonchev–Trinajstić information content (AvgIpc) is 2.45. The lowest BCUT2D eigenvalue weighted by molar-refractivity contribution is 0.0834. The smallest absolute Gasteiger partial charge is 0.172 e. The topological polar surface area (TPSA) is 35.9 Å². The number of aromatic hydroxyl groups is 1. The van der Waals surface area contributed by atoms with Crippen LogP contribution >= 0.6 is 15.9 Å². The zero-order valence-corrected chi connectivity index (χ0v) is 14.7. The predicted octanol–water partition coefficient (Wildman–Crippen LogP) is 3.08. The molecule has 0 aromatic heterocycles. The zero-order chi connectivity index (χ0) is 15.4. The molecule has 0 radical (unpaired) electrons. The number of hydrogen-bond acceptors (Lipinski definition) is 4. The molecule has 0 bridgehead atoms. The van der Waals surface area contributed by atoms with Crippen LogP contribution in [0, 0.1) is 0 Å². The van der Waals surface area contributed by atoms with Crippen molar-refractivity contribution in [2.24, 2.45) is 0 Å². The fourth-order valence-electron chi connectivity index (χ4n) is 2.93. The highest BCUT2D eigenvalue weighted by atomic mass is 79.9. The lowest BCUT2D eigenvalue weighted by Crippen LogP contribution is -2.51. The van der Waals surface area contributed by atoms with Crippen LogP contribution in [0.3, 0.4) is 0 Å². The fraction of sp³-hybridized carbons (Fsp3) is 0.625. The number of halogens is 1. The van der Waals surface area contributed by atoms with Gasteiger partial charge in [-0.2, -0.15) is 0 Å². The van der Waals surface area contributed by atoms with Gasteiger partial charge >= 0.3 is 0 Å². The van der Waals surface area contributed by atoms with Crippen LogP contribution in [0.1, 0.15) is 26.3 Å². The van der Waals surface area contributed by atoms with Crippen LogP contribution in [0.15, 0.2) is 16.6 Å². The second-order valence-corrected chi connectivity index (χ2v) is 6.42. The van der Waals surface area contributed by atoms with Crippen LogP contribution in [-0.2, 0) is 6.54 Å². The SMILES string of the molecule is CCOc1cc(CN2CCN(CC)C(C)C2)cc(Br)c1O. The summed E-state index contributed by atoms with van der Waals surface area (Å²) in [5, 5.41) is 9.98. The third kappa shape index (κ3) is 4.11. The number of hydrogen-bond donors (Lipinski definition) is 1. The van der Waals surface area contributed by atoms with E-state index in [2.05, 4.69) is 39.6 Å². The number of phenolic OH excluding ortho intramolecular Hbond substituents is 1. The van der Waals surface area contributed by atoms with Crippen molar-refractivity contribution in [3.8, 4) is 11.5 Å². The fourth-order valence-corrected chi connectivity index (χ4v) is 3.42. The van der Waals surface area contributed by atoms with Crippen molar-refractivity contribution in [3.63, 3.8) is 0 Å². The van der Waals surface area contributed by atoms with Crippen LogP contribution in [-0.4, -0.2) is 53.7 Å². The summed E-state index contributed by atoms with van der Waals surface area (Å²) in [5.41, 5.74) is 1.17. The van der Waals surface area contributed by atoms with E-state index in [-0.39, 0.29) is 5.75 Å². The molecule has 1 saturated heterocycles. The van der Waals surface area contributed by atoms with Gasteiger partial charge in [-0.05, 0) is 54.0 Å². The molecule has 0 aliphatic carbocycles. The van der Waals surface area contributed by atoms with Gasteiger partial charge < -0.3 is 9.84 Å². The Morgan fingerprint density at radius 3 is 2.71 bits per heavy atom. The van der Waals surface area contributed by atoms with Gasteiger partial charge in [0.25, 0.3) is 0 Å². The molecule has 1 atom stereocenters. The summed E-state index contributed by atoms with van der Waals surface area (Å²) in [6, 6.07) is 4.52. The second-order valence-electron chi connectivity index (χ2n) is 5.57. The molecular formula is C16H25BrN2O2. The molecule has 5 heteroatoms. The van der Waals surface area contributed by atoms with E-state index in [9.17, 15) is 5.11 Å². The number of benzene rings is 1. The molecule has 1 aromatic rings. The lowest BCUT2D eigenvalue weighted by atomic mass is 10.1. The first kappa shape index (κ1) is 16.6. The monoisotopic (exact) mass is 356 g/mol. The molecule has 21 heavy (non-hydrogen) atoms. The van der Waals surface area contributed by atoms with E-state index in [0.29, 0.717) is 22.9 Å². The Balaban J connectivity index is 2.06. The normalized spacial score (nSPS) is 20.7. The van der Waals surface area contributed by atoms with E-state index >= 15 is 0 Å². The molecule has 1 aliphatic rings. The van der Waals surface area contributed by atoms with Gasteiger partial charge in [-0.25, -0.2) is 0 Å². The summed E-state index contributed by atoms with van der Waals surface area (Å²) in [5.74, 6) is 0.742. The van der Waals surface area contributed by atoms with Crippen molar-refractivity contribution < 1.29 is 9.84 Å². The molecule has 1 heterocycles. The van der Waals surface area contributed by atoms with Crippen LogP contribution in [0.25, 0.3) is 0 Å². The van der Waals surface area contributed by atoms with Gasteiger partial charge in [-0.15, -0.1) is 0 Å². The molecule has 1 aliphatic heterocycles. The number of piperazine rings is 1. The molecule has 0 saturated carbocycles. The number of nitrogens with zero attached hydrogens (tertiary/aromatic N) is 2. The molecular weight excluding hydrogens is 332 g/mol. The van der Waals surface area contributed by atoms with Crippen molar-refractivity contribution >= 4 is 15.9 Å². The van der Waals surface area contributed by atoms with Crippen LogP contribution in [0.4, 0.5) is 0 Å². The molecule has 1 fully saturated rings. The van der Waals surface area contributed by atoms with Gasteiger partial charge in [0, 0.05) is 32.2 Å². The quantitative estimate of drug-likeness (QED) is 0.879. The lowest BCUT2D eigenvalue weighted by Gasteiger charge is -2.39. The molecule has 0 spiro atoms. The minimum Gasteiger partial charge on any atom is -0.503 e. The van der Waals surface area contributed by atoms with Crippen molar-refractivity contribution in [2.75, 3.05) is 32.8 Å². The average molecular weight is 357 g/mol. The molecule has 1 N–H and O–H groups in total. The Kier molecular flexibility index (Phi) is 5.90. The Morgan fingerprint density at radius 2 is 2.10 bits per heavy atom. The van der Waals surface area contributed by atoms with Gasteiger partial charge in [-0.1, -0.05) is 6.92 Å². The molecule has 1 unspecified atom stereocenters. The predicted molar refractivity (Wildman–Crippen MR) is 89.0 cm³/mol. The zero-order valence-electron chi connectivity index (χ0n) is 13.1. The molecule has 0 amide bonds. The molecule has 4 nitrogen and oxygen atoms in total. The Hall–Kier alpha value is -0.780. The highest BCUT2D eigenvalue weighted by Crippen LogP contribution is 2.35. The first-order valence-corrected chi connectivity index (χ1v) is 8.45. The van der Waals surface area contributed by atoms with E-state index in [1.54, 1.807) is 0 Å². The van der Waals surface area contributed by atoms with Gasteiger partial charge in [0.05, 0.1) is 11.1 Å². The number of rotatable bonds is 5. The first-order chi connectivity index (χ1) is 10.0. The maximum absolute atomic E-state index is 9.98.